The molecule has 0 bridgehead atoms. The monoisotopic (exact) mass is 177 g/mol. The van der Waals surface area contributed by atoms with Gasteiger partial charge in [-0.3, -0.25) is 4.98 Å². The first-order chi connectivity index (χ1) is 5.97. The van der Waals surface area contributed by atoms with E-state index in [1.165, 1.54) is 12.0 Å². The second-order valence-corrected chi connectivity index (χ2v) is 4.87. The molecule has 0 N–H and O–H groups in total. The number of pyridine rings is 1. The third kappa shape index (κ3) is 4.07. The molecule has 0 aliphatic carbocycles. The zero-order chi connectivity index (χ0) is 9.90. The van der Waals surface area contributed by atoms with Crippen LogP contribution in [0.1, 0.15) is 38.4 Å². The van der Waals surface area contributed by atoms with E-state index in [0.717, 1.165) is 12.1 Å². The Hall–Kier alpha value is -0.850. The third-order valence-corrected chi connectivity index (χ3v) is 2.12. The van der Waals surface area contributed by atoms with Crippen molar-refractivity contribution < 1.29 is 0 Å². The van der Waals surface area contributed by atoms with Crippen molar-refractivity contribution in [1.29, 1.82) is 0 Å². The van der Waals surface area contributed by atoms with Crippen LogP contribution in [0.2, 0.25) is 0 Å². The molecule has 1 heteroatoms. The molecule has 0 saturated carbocycles. The molecule has 0 saturated heterocycles. The molecule has 0 radical (unpaired) electrons. The summed E-state index contributed by atoms with van der Waals surface area (Å²) in [5.41, 5.74) is 2.95. The molecular weight excluding hydrogens is 158 g/mol. The number of aryl methyl sites for hydroxylation is 2. The molecule has 72 valence electrons. The van der Waals surface area contributed by atoms with Gasteiger partial charge in [-0.15, -0.1) is 0 Å². The van der Waals surface area contributed by atoms with Crippen molar-refractivity contribution in [3.63, 3.8) is 0 Å². The Balaban J connectivity index is 2.55. The molecule has 0 unspecified atom stereocenters. The average molecular weight is 177 g/mol. The van der Waals surface area contributed by atoms with E-state index >= 15 is 0 Å². The van der Waals surface area contributed by atoms with Gasteiger partial charge in [0.1, 0.15) is 0 Å². The zero-order valence-corrected chi connectivity index (χ0v) is 9.09. The number of aromatic nitrogens is 1. The highest BCUT2D eigenvalue weighted by atomic mass is 14.6. The van der Waals surface area contributed by atoms with E-state index in [2.05, 4.69) is 37.9 Å². The van der Waals surface area contributed by atoms with Crippen LogP contribution in [0, 0.1) is 12.3 Å². The minimum absolute atomic E-state index is 0.428. The fourth-order valence-electron chi connectivity index (χ4n) is 1.28. The van der Waals surface area contributed by atoms with E-state index in [-0.39, 0.29) is 0 Å². The van der Waals surface area contributed by atoms with Gasteiger partial charge in [0.25, 0.3) is 0 Å². The van der Waals surface area contributed by atoms with Gasteiger partial charge in [-0.05, 0) is 42.9 Å². The van der Waals surface area contributed by atoms with E-state index in [9.17, 15) is 0 Å². The Morgan fingerprint density at radius 3 is 2.54 bits per heavy atom. The summed E-state index contributed by atoms with van der Waals surface area (Å²) in [7, 11) is 0. The summed E-state index contributed by atoms with van der Waals surface area (Å²) in [5, 5.41) is 0. The van der Waals surface area contributed by atoms with Crippen LogP contribution in [0.25, 0.3) is 0 Å². The molecule has 0 spiro atoms. The molecule has 0 atom stereocenters. The zero-order valence-electron chi connectivity index (χ0n) is 9.09. The molecule has 1 nitrogen and oxygen atoms in total. The van der Waals surface area contributed by atoms with E-state index < -0.39 is 0 Å². The smallest absolute Gasteiger partial charge is 0.0375 e. The first-order valence-electron chi connectivity index (χ1n) is 4.89. The number of hydrogen-bond donors (Lipinski definition) is 0. The summed E-state index contributed by atoms with van der Waals surface area (Å²) in [6, 6.07) is 4.28. The molecule has 13 heavy (non-hydrogen) atoms. The fourth-order valence-corrected chi connectivity index (χ4v) is 1.28. The molecular formula is C12H19N. The lowest BCUT2D eigenvalue weighted by Gasteiger charge is -2.17. The third-order valence-electron chi connectivity index (χ3n) is 2.12. The molecule has 0 fully saturated rings. The molecule has 0 aliphatic rings. The van der Waals surface area contributed by atoms with Gasteiger partial charge in [0, 0.05) is 11.9 Å². The molecule has 1 heterocycles. The van der Waals surface area contributed by atoms with Crippen molar-refractivity contribution in [2.45, 2.75) is 40.5 Å². The largest absolute Gasteiger partial charge is 0.262 e. The lowest BCUT2D eigenvalue weighted by molar-refractivity contribution is 0.378. The van der Waals surface area contributed by atoms with Crippen LogP contribution >= 0.6 is 0 Å². The van der Waals surface area contributed by atoms with Gasteiger partial charge in [-0.2, -0.15) is 0 Å². The van der Waals surface area contributed by atoms with Crippen LogP contribution in [-0.2, 0) is 6.42 Å². The van der Waals surface area contributed by atoms with Crippen LogP contribution in [0.3, 0.4) is 0 Å². The topological polar surface area (TPSA) is 12.9 Å². The Bertz CT molecular complexity index is 271. The predicted octanol–water partition coefficient (Wildman–Crippen LogP) is 3.37. The number of rotatable bonds is 2. The van der Waals surface area contributed by atoms with Crippen molar-refractivity contribution >= 4 is 0 Å². The Morgan fingerprint density at radius 1 is 1.31 bits per heavy atom. The lowest BCUT2D eigenvalue weighted by atomic mass is 9.89. The normalized spacial score (nSPS) is 11.7. The standard InChI is InChI=1S/C12H19N/c1-10-9-11(6-8-13-10)5-7-12(2,3)4/h6,8-9H,5,7H2,1-4H3. The van der Waals surface area contributed by atoms with Crippen molar-refractivity contribution in [2.24, 2.45) is 5.41 Å². The maximum absolute atomic E-state index is 4.18. The van der Waals surface area contributed by atoms with Crippen molar-refractivity contribution in [3.8, 4) is 0 Å². The fraction of sp³-hybridized carbons (Fsp3) is 0.583. The summed E-state index contributed by atoms with van der Waals surface area (Å²) >= 11 is 0. The highest BCUT2D eigenvalue weighted by molar-refractivity contribution is 5.15. The maximum Gasteiger partial charge on any atom is 0.0375 e. The van der Waals surface area contributed by atoms with Crippen LogP contribution < -0.4 is 0 Å². The molecule has 1 aromatic rings. The Morgan fingerprint density at radius 2 is 2.00 bits per heavy atom. The second kappa shape index (κ2) is 3.91. The minimum Gasteiger partial charge on any atom is -0.262 e. The van der Waals surface area contributed by atoms with Gasteiger partial charge in [-0.1, -0.05) is 20.8 Å². The van der Waals surface area contributed by atoms with Crippen molar-refractivity contribution in [2.75, 3.05) is 0 Å². The average Bonchev–Trinajstić information content (AvgIpc) is 2.00. The van der Waals surface area contributed by atoms with Crippen LogP contribution in [0.15, 0.2) is 18.3 Å². The highest BCUT2D eigenvalue weighted by Crippen LogP contribution is 2.21. The number of hydrogen-bond acceptors (Lipinski definition) is 1. The second-order valence-electron chi connectivity index (χ2n) is 4.87. The summed E-state index contributed by atoms with van der Waals surface area (Å²) in [6.45, 7) is 8.88. The van der Waals surface area contributed by atoms with E-state index in [1.54, 1.807) is 0 Å². The van der Waals surface area contributed by atoms with Crippen LogP contribution in [-0.4, -0.2) is 4.98 Å². The van der Waals surface area contributed by atoms with Gasteiger partial charge in [0.2, 0.25) is 0 Å². The van der Waals surface area contributed by atoms with Crippen LogP contribution in [0.5, 0.6) is 0 Å². The first-order valence-corrected chi connectivity index (χ1v) is 4.89. The summed E-state index contributed by atoms with van der Waals surface area (Å²) in [4.78, 5) is 4.18. The summed E-state index contributed by atoms with van der Waals surface area (Å²) < 4.78 is 0. The van der Waals surface area contributed by atoms with Gasteiger partial charge >= 0.3 is 0 Å². The minimum atomic E-state index is 0.428. The molecule has 0 amide bonds. The van der Waals surface area contributed by atoms with Crippen molar-refractivity contribution in [3.05, 3.63) is 29.6 Å². The van der Waals surface area contributed by atoms with E-state index in [0.29, 0.717) is 5.41 Å². The van der Waals surface area contributed by atoms with Gasteiger partial charge in [0.15, 0.2) is 0 Å². The summed E-state index contributed by atoms with van der Waals surface area (Å²) in [6.07, 6.45) is 4.29. The highest BCUT2D eigenvalue weighted by Gasteiger charge is 2.09. The van der Waals surface area contributed by atoms with E-state index in [1.807, 2.05) is 13.1 Å². The number of nitrogens with zero attached hydrogens (tertiary/aromatic N) is 1. The molecule has 0 aliphatic heterocycles. The predicted molar refractivity (Wildman–Crippen MR) is 56.8 cm³/mol. The Labute approximate surface area is 81.2 Å². The van der Waals surface area contributed by atoms with E-state index in [4.69, 9.17) is 0 Å². The van der Waals surface area contributed by atoms with Gasteiger partial charge < -0.3 is 0 Å². The van der Waals surface area contributed by atoms with Crippen LogP contribution in [0.4, 0.5) is 0 Å². The maximum atomic E-state index is 4.18. The van der Waals surface area contributed by atoms with Gasteiger partial charge in [0.05, 0.1) is 0 Å². The molecule has 1 rings (SSSR count). The van der Waals surface area contributed by atoms with Crippen molar-refractivity contribution in [1.82, 2.24) is 4.98 Å². The van der Waals surface area contributed by atoms with Gasteiger partial charge in [-0.25, -0.2) is 0 Å². The molecule has 1 aromatic heterocycles. The SMILES string of the molecule is Cc1cc(CCC(C)(C)C)ccn1. The quantitative estimate of drug-likeness (QED) is 0.675. The molecule has 0 aromatic carbocycles. The lowest BCUT2D eigenvalue weighted by Crippen LogP contribution is -2.06. The first kappa shape index (κ1) is 10.2. The summed E-state index contributed by atoms with van der Waals surface area (Å²) in [5.74, 6) is 0. The Kier molecular flexibility index (Phi) is 3.07.